The number of aryl methyl sites for hydroxylation is 3. The molecule has 0 amide bonds. The van der Waals surface area contributed by atoms with Crippen molar-refractivity contribution in [1.29, 1.82) is 0 Å². The molecule has 0 aliphatic rings. The Labute approximate surface area is 289 Å². The lowest BCUT2D eigenvalue weighted by Crippen LogP contribution is -2.16. The molecular formula is C43H64O3S. The van der Waals surface area contributed by atoms with Gasteiger partial charge in [0, 0.05) is 14.7 Å². The van der Waals surface area contributed by atoms with Crippen LogP contribution in [0.2, 0.25) is 0 Å². The second kappa shape index (κ2) is 22.8. The molecule has 3 aromatic carbocycles. The highest BCUT2D eigenvalue weighted by Gasteiger charge is 2.39. The largest absolute Gasteiger partial charge is 0.517 e. The summed E-state index contributed by atoms with van der Waals surface area (Å²) in [7, 11) is -2.55. The molecule has 3 nitrogen and oxygen atoms in total. The Morgan fingerprint density at radius 1 is 0.532 bits per heavy atom. The van der Waals surface area contributed by atoms with Crippen LogP contribution in [0.5, 0.6) is 0 Å². The van der Waals surface area contributed by atoms with E-state index in [9.17, 15) is 9.90 Å². The highest BCUT2D eigenvalue weighted by Crippen LogP contribution is 2.71. The van der Waals surface area contributed by atoms with E-state index in [0.29, 0.717) is 0 Å². The number of hydrogen-bond acceptors (Lipinski definition) is 2. The van der Waals surface area contributed by atoms with E-state index in [-0.39, 0.29) is 0 Å². The van der Waals surface area contributed by atoms with E-state index in [2.05, 4.69) is 57.2 Å². The van der Waals surface area contributed by atoms with Gasteiger partial charge in [0.05, 0.1) is 0 Å². The Kier molecular flexibility index (Phi) is 18.8. The van der Waals surface area contributed by atoms with Crippen LogP contribution in [0.4, 0.5) is 4.79 Å². The fraction of sp³-hybridized carbons (Fsp3) is 0.558. The average molecular weight is 661 g/mol. The topological polar surface area (TPSA) is 46.5 Å². The molecule has 0 aromatic heterocycles. The third kappa shape index (κ3) is 12.7. The van der Waals surface area contributed by atoms with Crippen molar-refractivity contribution in [2.75, 3.05) is 0 Å². The summed E-state index contributed by atoms with van der Waals surface area (Å²) < 4.78 is 6.37. The minimum absolute atomic E-state index is 0.950. The van der Waals surface area contributed by atoms with E-state index < -0.39 is 16.5 Å². The number of rotatable bonds is 25. The van der Waals surface area contributed by atoms with Gasteiger partial charge in [-0.25, -0.2) is 4.79 Å². The molecule has 0 saturated carbocycles. The zero-order valence-corrected chi connectivity index (χ0v) is 30.8. The van der Waals surface area contributed by atoms with Crippen molar-refractivity contribution in [3.05, 3.63) is 89.5 Å². The predicted octanol–water partition coefficient (Wildman–Crippen LogP) is 14.3. The molecule has 0 heterocycles. The maximum Gasteiger partial charge on any atom is 0.517 e. The summed E-state index contributed by atoms with van der Waals surface area (Å²) in [5.74, 6) is 0. The fourth-order valence-electron chi connectivity index (χ4n) is 6.85. The zero-order valence-electron chi connectivity index (χ0n) is 29.9. The van der Waals surface area contributed by atoms with E-state index in [1.807, 2.05) is 36.4 Å². The Hall–Kier alpha value is -2.72. The van der Waals surface area contributed by atoms with E-state index in [1.165, 1.54) is 119 Å². The maximum atomic E-state index is 12.8. The number of carboxylic acid groups (broad SMARTS) is 1. The van der Waals surface area contributed by atoms with E-state index in [4.69, 9.17) is 4.18 Å². The van der Waals surface area contributed by atoms with Crippen LogP contribution in [0.1, 0.15) is 153 Å². The second-order valence-electron chi connectivity index (χ2n) is 13.3. The van der Waals surface area contributed by atoms with Crippen LogP contribution >= 0.6 is 10.3 Å². The Bertz CT molecular complexity index is 1180. The average Bonchev–Trinajstić information content (AvgIpc) is 3.09. The van der Waals surface area contributed by atoms with Crippen molar-refractivity contribution in [2.45, 2.75) is 170 Å². The first-order chi connectivity index (χ1) is 23.1. The van der Waals surface area contributed by atoms with Gasteiger partial charge in [-0.05, 0) is 89.8 Å². The maximum absolute atomic E-state index is 12.8. The monoisotopic (exact) mass is 660 g/mol. The van der Waals surface area contributed by atoms with Crippen molar-refractivity contribution in [2.24, 2.45) is 0 Å². The molecule has 0 radical (unpaired) electrons. The van der Waals surface area contributed by atoms with Crippen LogP contribution in [-0.4, -0.2) is 11.3 Å². The summed E-state index contributed by atoms with van der Waals surface area (Å²) in [5, 5.41) is 10.5. The number of benzene rings is 3. The van der Waals surface area contributed by atoms with Gasteiger partial charge < -0.3 is 9.29 Å². The fourth-order valence-corrected chi connectivity index (χ4v) is 10.2. The minimum atomic E-state index is -2.55. The molecule has 0 spiro atoms. The molecule has 0 saturated heterocycles. The van der Waals surface area contributed by atoms with Crippen LogP contribution in [0, 0.1) is 0 Å². The van der Waals surface area contributed by atoms with Crippen molar-refractivity contribution in [3.8, 4) is 0 Å². The molecule has 0 bridgehead atoms. The van der Waals surface area contributed by atoms with Gasteiger partial charge in [-0.15, -0.1) is 0 Å². The van der Waals surface area contributed by atoms with E-state index in [0.717, 1.165) is 46.8 Å². The van der Waals surface area contributed by atoms with Gasteiger partial charge in [-0.3, -0.25) is 0 Å². The van der Waals surface area contributed by atoms with Gasteiger partial charge in [0.15, 0.2) is 0 Å². The van der Waals surface area contributed by atoms with Crippen molar-refractivity contribution < 1.29 is 14.1 Å². The first-order valence-corrected chi connectivity index (χ1v) is 20.6. The highest BCUT2D eigenvalue weighted by atomic mass is 32.3. The molecular weight excluding hydrogens is 597 g/mol. The van der Waals surface area contributed by atoms with Crippen molar-refractivity contribution in [3.63, 3.8) is 0 Å². The molecule has 3 aromatic rings. The predicted molar refractivity (Wildman–Crippen MR) is 202 cm³/mol. The third-order valence-corrected chi connectivity index (χ3v) is 12.7. The van der Waals surface area contributed by atoms with E-state index in [1.54, 1.807) is 0 Å². The summed E-state index contributed by atoms with van der Waals surface area (Å²) in [6.45, 7) is 6.81. The second-order valence-corrected chi connectivity index (χ2v) is 16.0. The number of carbonyl (C=O) groups is 1. The van der Waals surface area contributed by atoms with Gasteiger partial charge in [0.25, 0.3) is 0 Å². The quantitative estimate of drug-likeness (QED) is 0.0920. The summed E-state index contributed by atoms with van der Waals surface area (Å²) in [6, 6.07) is 25.3. The van der Waals surface area contributed by atoms with Gasteiger partial charge in [0.1, 0.15) is 0 Å². The zero-order chi connectivity index (χ0) is 33.6. The highest BCUT2D eigenvalue weighted by molar-refractivity contribution is 8.30. The van der Waals surface area contributed by atoms with Gasteiger partial charge >= 0.3 is 6.16 Å². The molecule has 3 rings (SSSR count). The van der Waals surface area contributed by atoms with Crippen molar-refractivity contribution in [1.82, 2.24) is 0 Å². The van der Waals surface area contributed by atoms with Gasteiger partial charge in [-0.1, -0.05) is 166 Å². The summed E-state index contributed by atoms with van der Waals surface area (Å²) in [5.41, 5.74) is 4.01. The number of hydrogen-bond donors (Lipinski definition) is 1. The first-order valence-electron chi connectivity index (χ1n) is 19.1. The molecule has 4 heteroatoms. The van der Waals surface area contributed by atoms with Crippen LogP contribution in [0.15, 0.2) is 87.5 Å². The molecule has 0 aliphatic heterocycles. The Balaban J connectivity index is 2.16. The SMILES string of the molecule is CCCCCCCCc1cc(CCCCCCCC)c(S(OC(=O)O)(c2ccccc2)c2ccccc2)c(CCCCCCCC)c1. The molecule has 0 aliphatic carbocycles. The van der Waals surface area contributed by atoms with E-state index >= 15 is 0 Å². The Morgan fingerprint density at radius 2 is 0.894 bits per heavy atom. The lowest BCUT2D eigenvalue weighted by molar-refractivity contribution is 0.150. The van der Waals surface area contributed by atoms with Crippen LogP contribution in [0.25, 0.3) is 0 Å². The summed E-state index contributed by atoms with van der Waals surface area (Å²) in [4.78, 5) is 15.8. The van der Waals surface area contributed by atoms with Gasteiger partial charge in [-0.2, -0.15) is 0 Å². The lowest BCUT2D eigenvalue weighted by Gasteiger charge is -2.41. The molecule has 0 unspecified atom stereocenters. The van der Waals surface area contributed by atoms with Crippen LogP contribution in [-0.2, 0) is 23.4 Å². The van der Waals surface area contributed by atoms with Gasteiger partial charge in [0.2, 0.25) is 0 Å². The third-order valence-electron chi connectivity index (χ3n) is 9.35. The molecule has 1 N–H and O–H groups in total. The Morgan fingerprint density at radius 3 is 1.28 bits per heavy atom. The molecule has 260 valence electrons. The smallest absolute Gasteiger partial charge is 0.449 e. The number of unbranched alkanes of at least 4 members (excludes halogenated alkanes) is 15. The van der Waals surface area contributed by atoms with Crippen LogP contribution < -0.4 is 0 Å². The normalized spacial score (nSPS) is 11.9. The van der Waals surface area contributed by atoms with Crippen LogP contribution in [0.3, 0.4) is 0 Å². The molecule has 0 atom stereocenters. The summed E-state index contributed by atoms with van der Waals surface area (Å²) in [6.07, 6.45) is 24.3. The standard InChI is InChI=1S/C43H64O3S/c1-4-7-10-13-16-21-28-37-35-38(29-22-17-14-11-8-5-2)42(39(36-37)30-23-18-15-12-9-6-3)47(46-43(44)45,40-31-24-19-25-32-40)41-33-26-20-27-34-41/h19-20,24-27,31-36H,4-18,21-23,28-30H2,1-3H3,(H,44,45). The summed E-state index contributed by atoms with van der Waals surface area (Å²) >= 11 is 0. The lowest BCUT2D eigenvalue weighted by atomic mass is 9.94. The molecule has 0 fully saturated rings. The first kappa shape index (κ1) is 38.7. The molecule has 47 heavy (non-hydrogen) atoms. The van der Waals surface area contributed by atoms with Crippen molar-refractivity contribution >= 4 is 16.5 Å². The minimum Gasteiger partial charge on any atom is -0.449 e.